The molecule has 0 amide bonds. The molecule has 3 nitrogen and oxygen atoms in total. The van der Waals surface area contributed by atoms with Gasteiger partial charge in [0.25, 0.3) is 0 Å². The number of nitrogens with two attached hydrogens (primary N) is 1. The van der Waals surface area contributed by atoms with Gasteiger partial charge in [0.05, 0.1) is 12.7 Å². The summed E-state index contributed by atoms with van der Waals surface area (Å²) in [4.78, 5) is 0. The second-order valence-corrected chi connectivity index (χ2v) is 5.09. The third-order valence-corrected chi connectivity index (χ3v) is 3.60. The summed E-state index contributed by atoms with van der Waals surface area (Å²) in [5.74, 6) is 1.54. The van der Waals surface area contributed by atoms with E-state index in [2.05, 4.69) is 6.92 Å². The fraction of sp³-hybridized carbons (Fsp3) is 0.600. The van der Waals surface area contributed by atoms with Gasteiger partial charge >= 0.3 is 0 Å². The molecule has 2 unspecified atom stereocenters. The van der Waals surface area contributed by atoms with Gasteiger partial charge in [-0.15, -0.1) is 0 Å². The van der Waals surface area contributed by atoms with Crippen molar-refractivity contribution >= 4 is 5.69 Å². The van der Waals surface area contributed by atoms with Crippen LogP contribution in [0.4, 0.5) is 5.69 Å². The second-order valence-electron chi connectivity index (χ2n) is 5.09. The van der Waals surface area contributed by atoms with E-state index in [1.54, 1.807) is 0 Å². The molecule has 1 aliphatic rings. The van der Waals surface area contributed by atoms with E-state index in [1.807, 2.05) is 24.3 Å². The molecule has 0 saturated heterocycles. The Kier molecular flexibility index (Phi) is 4.88. The van der Waals surface area contributed by atoms with Crippen LogP contribution in [0.15, 0.2) is 24.3 Å². The van der Waals surface area contributed by atoms with Gasteiger partial charge in [-0.3, -0.25) is 0 Å². The van der Waals surface area contributed by atoms with Crippen molar-refractivity contribution in [3.63, 3.8) is 0 Å². The smallest absolute Gasteiger partial charge is 0.119 e. The first kappa shape index (κ1) is 13.2. The number of hydrogen-bond acceptors (Lipinski definition) is 3. The number of hydrogen-bond donors (Lipinski definition) is 1. The molecule has 100 valence electrons. The van der Waals surface area contributed by atoms with Gasteiger partial charge in [-0.25, -0.2) is 0 Å². The first-order valence-electron chi connectivity index (χ1n) is 6.85. The molecule has 1 aromatic carbocycles. The molecular formula is C15H23NO2. The predicted molar refractivity (Wildman–Crippen MR) is 73.7 cm³/mol. The van der Waals surface area contributed by atoms with Gasteiger partial charge in [0, 0.05) is 5.69 Å². The molecule has 2 atom stereocenters. The van der Waals surface area contributed by atoms with E-state index in [9.17, 15) is 0 Å². The lowest BCUT2D eigenvalue weighted by molar-refractivity contribution is -0.0165. The molecule has 2 N–H and O–H groups in total. The summed E-state index contributed by atoms with van der Waals surface area (Å²) in [5, 5.41) is 0. The molecule has 3 heteroatoms. The van der Waals surface area contributed by atoms with Gasteiger partial charge in [0.1, 0.15) is 12.4 Å². The maximum Gasteiger partial charge on any atom is 0.119 e. The van der Waals surface area contributed by atoms with Gasteiger partial charge in [-0.2, -0.15) is 0 Å². The molecule has 1 aromatic rings. The second kappa shape index (κ2) is 6.64. The first-order valence-corrected chi connectivity index (χ1v) is 6.85. The molecule has 18 heavy (non-hydrogen) atoms. The van der Waals surface area contributed by atoms with Crippen molar-refractivity contribution in [2.75, 3.05) is 18.9 Å². The molecule has 1 fully saturated rings. The normalized spacial score (nSPS) is 23.8. The lowest BCUT2D eigenvalue weighted by Gasteiger charge is -2.28. The highest BCUT2D eigenvalue weighted by Gasteiger charge is 2.21. The van der Waals surface area contributed by atoms with Crippen molar-refractivity contribution < 1.29 is 9.47 Å². The zero-order chi connectivity index (χ0) is 12.8. The van der Waals surface area contributed by atoms with Crippen molar-refractivity contribution in [2.45, 2.75) is 38.7 Å². The van der Waals surface area contributed by atoms with Crippen LogP contribution in [0.1, 0.15) is 32.6 Å². The van der Waals surface area contributed by atoms with Crippen LogP contribution in [0.2, 0.25) is 0 Å². The number of anilines is 1. The SMILES string of the molecule is CC1CCCCC1OCCOc1ccc(N)cc1. The Hall–Kier alpha value is -1.22. The van der Waals surface area contributed by atoms with Crippen LogP contribution in [0.25, 0.3) is 0 Å². The first-order chi connectivity index (χ1) is 8.75. The monoisotopic (exact) mass is 249 g/mol. The summed E-state index contributed by atoms with van der Waals surface area (Å²) in [6.45, 7) is 3.55. The van der Waals surface area contributed by atoms with E-state index in [-0.39, 0.29) is 0 Å². The third kappa shape index (κ3) is 3.91. The molecule has 1 saturated carbocycles. The molecule has 0 spiro atoms. The van der Waals surface area contributed by atoms with Gasteiger partial charge < -0.3 is 15.2 Å². The van der Waals surface area contributed by atoms with E-state index >= 15 is 0 Å². The molecule has 2 rings (SSSR count). The third-order valence-electron chi connectivity index (χ3n) is 3.60. The Labute approximate surface area is 109 Å². The number of nitrogen functional groups attached to an aromatic ring is 1. The fourth-order valence-electron chi connectivity index (χ4n) is 2.45. The van der Waals surface area contributed by atoms with Crippen LogP contribution in [-0.2, 0) is 4.74 Å². The van der Waals surface area contributed by atoms with Gasteiger partial charge in [0.15, 0.2) is 0 Å². The minimum Gasteiger partial charge on any atom is -0.491 e. The molecule has 0 radical (unpaired) electrons. The quantitative estimate of drug-likeness (QED) is 0.643. The van der Waals surface area contributed by atoms with Crippen molar-refractivity contribution in [1.29, 1.82) is 0 Å². The van der Waals surface area contributed by atoms with E-state index in [1.165, 1.54) is 25.7 Å². The van der Waals surface area contributed by atoms with Crippen LogP contribution < -0.4 is 10.5 Å². The topological polar surface area (TPSA) is 44.5 Å². The molecule has 0 aliphatic heterocycles. The molecule has 0 aromatic heterocycles. The average Bonchev–Trinajstić information content (AvgIpc) is 2.39. The summed E-state index contributed by atoms with van der Waals surface area (Å²) in [7, 11) is 0. The number of rotatable bonds is 5. The number of ether oxygens (including phenoxy) is 2. The highest BCUT2D eigenvalue weighted by molar-refractivity contribution is 5.41. The summed E-state index contributed by atoms with van der Waals surface area (Å²) in [6.07, 6.45) is 5.57. The lowest BCUT2D eigenvalue weighted by atomic mass is 9.88. The molecule has 0 heterocycles. The van der Waals surface area contributed by atoms with Gasteiger partial charge in [-0.05, 0) is 43.0 Å². The van der Waals surface area contributed by atoms with Gasteiger partial charge in [0.2, 0.25) is 0 Å². The van der Waals surface area contributed by atoms with E-state index in [4.69, 9.17) is 15.2 Å². The van der Waals surface area contributed by atoms with Crippen molar-refractivity contribution in [3.8, 4) is 5.75 Å². The lowest BCUT2D eigenvalue weighted by Crippen LogP contribution is -2.27. The van der Waals surface area contributed by atoms with E-state index < -0.39 is 0 Å². The van der Waals surface area contributed by atoms with Crippen LogP contribution in [0.5, 0.6) is 5.75 Å². The molecule has 0 bridgehead atoms. The summed E-state index contributed by atoms with van der Waals surface area (Å²) < 4.78 is 11.5. The Bertz CT molecular complexity index is 350. The minimum absolute atomic E-state index is 0.425. The Morgan fingerprint density at radius 2 is 1.83 bits per heavy atom. The summed E-state index contributed by atoms with van der Waals surface area (Å²) >= 11 is 0. The van der Waals surface area contributed by atoms with E-state index in [0.717, 1.165) is 11.4 Å². The Balaban J connectivity index is 1.65. The van der Waals surface area contributed by atoms with E-state index in [0.29, 0.717) is 25.2 Å². The largest absolute Gasteiger partial charge is 0.491 e. The maximum atomic E-state index is 5.89. The van der Waals surface area contributed by atoms with Crippen LogP contribution in [-0.4, -0.2) is 19.3 Å². The standard InChI is InChI=1S/C15H23NO2/c1-12-4-2-3-5-15(12)18-11-10-17-14-8-6-13(16)7-9-14/h6-9,12,15H,2-5,10-11,16H2,1H3. The van der Waals surface area contributed by atoms with Gasteiger partial charge in [-0.1, -0.05) is 19.8 Å². The summed E-state index contributed by atoms with van der Waals surface area (Å²) in [6, 6.07) is 7.47. The number of benzene rings is 1. The fourth-order valence-corrected chi connectivity index (χ4v) is 2.45. The van der Waals surface area contributed by atoms with Crippen LogP contribution in [0, 0.1) is 5.92 Å². The zero-order valence-corrected chi connectivity index (χ0v) is 11.1. The predicted octanol–water partition coefficient (Wildman–Crippen LogP) is 3.24. The highest BCUT2D eigenvalue weighted by Crippen LogP contribution is 2.26. The minimum atomic E-state index is 0.425. The van der Waals surface area contributed by atoms with Crippen LogP contribution >= 0.6 is 0 Å². The van der Waals surface area contributed by atoms with Crippen molar-refractivity contribution in [2.24, 2.45) is 5.92 Å². The molecular weight excluding hydrogens is 226 g/mol. The maximum absolute atomic E-state index is 5.89. The van der Waals surface area contributed by atoms with Crippen LogP contribution in [0.3, 0.4) is 0 Å². The highest BCUT2D eigenvalue weighted by atomic mass is 16.5. The van der Waals surface area contributed by atoms with Crippen molar-refractivity contribution in [1.82, 2.24) is 0 Å². The Morgan fingerprint density at radius 3 is 2.56 bits per heavy atom. The van der Waals surface area contributed by atoms with Crippen molar-refractivity contribution in [3.05, 3.63) is 24.3 Å². The zero-order valence-electron chi connectivity index (χ0n) is 11.1. The molecule has 1 aliphatic carbocycles. The average molecular weight is 249 g/mol. The Morgan fingerprint density at radius 1 is 1.11 bits per heavy atom. The summed E-state index contributed by atoms with van der Waals surface area (Å²) in [5.41, 5.74) is 6.37.